The molecule has 31 heavy (non-hydrogen) atoms. The third-order valence-electron chi connectivity index (χ3n) is 6.28. The Hall–Kier alpha value is -1.02. The molecule has 0 spiro atoms. The summed E-state index contributed by atoms with van der Waals surface area (Å²) in [5.74, 6) is 0.537. The molecule has 0 amide bonds. The number of nitrogens with zero attached hydrogens (tertiary/aromatic N) is 1. The summed E-state index contributed by atoms with van der Waals surface area (Å²) in [5.41, 5.74) is 2.08. The zero-order chi connectivity index (χ0) is 22.8. The van der Waals surface area contributed by atoms with Crippen LogP contribution >= 0.6 is 11.6 Å². The van der Waals surface area contributed by atoms with Gasteiger partial charge in [0.1, 0.15) is 0 Å². The van der Waals surface area contributed by atoms with Crippen LogP contribution in [0.5, 0.6) is 0 Å². The Morgan fingerprint density at radius 2 is 1.71 bits per heavy atom. The van der Waals surface area contributed by atoms with E-state index < -0.39 is 14.8 Å². The molecule has 8 heteroatoms. The lowest BCUT2D eigenvalue weighted by Gasteiger charge is -2.37. The van der Waals surface area contributed by atoms with Gasteiger partial charge >= 0.3 is 0 Å². The van der Waals surface area contributed by atoms with E-state index in [0.29, 0.717) is 5.92 Å². The summed E-state index contributed by atoms with van der Waals surface area (Å²) in [4.78, 5) is 2.30. The van der Waals surface area contributed by atoms with E-state index in [4.69, 9.17) is 16.3 Å². The summed E-state index contributed by atoms with van der Waals surface area (Å²) in [5, 5.41) is 4.28. The number of nitrogens with one attached hydrogen (secondary N) is 2. The molecule has 1 aromatic carbocycles. The van der Waals surface area contributed by atoms with E-state index in [1.165, 1.54) is 0 Å². The van der Waals surface area contributed by atoms with Crippen molar-refractivity contribution in [2.24, 2.45) is 5.92 Å². The molecular weight excluding hydrogens is 434 g/mol. The standard InChI is InChI=1S/C23H38ClN3O3S/c1-16-14-27(15-17(2)30-16)22-11-10-20(12-21(22)24)25-13-18-6-8-19(9-7-18)26-31(28,29)23(3,4)5/h10-12,16-19,25-26H,6-9,13-15H2,1-5H3/t16-,17+,18?,19?. The van der Waals surface area contributed by atoms with Crippen LogP contribution < -0.4 is 14.9 Å². The number of ether oxygens (including phenoxy) is 1. The van der Waals surface area contributed by atoms with Gasteiger partial charge in [0.2, 0.25) is 10.0 Å². The second-order valence-electron chi connectivity index (χ2n) is 10.2. The molecule has 0 bridgehead atoms. The van der Waals surface area contributed by atoms with Crippen molar-refractivity contribution >= 4 is 33.0 Å². The van der Waals surface area contributed by atoms with E-state index in [1.54, 1.807) is 20.8 Å². The minimum Gasteiger partial charge on any atom is -0.385 e. The van der Waals surface area contributed by atoms with Crippen molar-refractivity contribution < 1.29 is 13.2 Å². The zero-order valence-corrected chi connectivity index (χ0v) is 21.0. The molecule has 1 heterocycles. The highest BCUT2D eigenvalue weighted by atomic mass is 35.5. The second kappa shape index (κ2) is 9.86. The maximum atomic E-state index is 12.4. The Balaban J connectivity index is 1.49. The SMILES string of the molecule is C[C@@H]1CN(c2ccc(NCC3CCC(NS(=O)(=O)C(C)(C)C)CC3)cc2Cl)C[C@H](C)O1. The summed E-state index contributed by atoms with van der Waals surface area (Å²) in [7, 11) is -3.29. The predicted octanol–water partition coefficient (Wildman–Crippen LogP) is 4.64. The average Bonchev–Trinajstić information content (AvgIpc) is 2.65. The van der Waals surface area contributed by atoms with Crippen LogP contribution in [-0.2, 0) is 14.8 Å². The normalized spacial score (nSPS) is 27.9. The first-order chi connectivity index (χ1) is 14.4. The number of sulfonamides is 1. The topological polar surface area (TPSA) is 70.7 Å². The van der Waals surface area contributed by atoms with Crippen LogP contribution in [0.2, 0.25) is 5.02 Å². The summed E-state index contributed by atoms with van der Waals surface area (Å²) in [6, 6.07) is 6.24. The highest BCUT2D eigenvalue weighted by molar-refractivity contribution is 7.90. The van der Waals surface area contributed by atoms with Crippen molar-refractivity contribution in [1.29, 1.82) is 0 Å². The molecule has 2 atom stereocenters. The lowest BCUT2D eigenvalue weighted by Crippen LogP contribution is -2.46. The summed E-state index contributed by atoms with van der Waals surface area (Å²) in [6.45, 7) is 12.0. The minimum absolute atomic E-state index is 0.0486. The molecule has 2 aliphatic rings. The number of halogens is 1. The van der Waals surface area contributed by atoms with Crippen LogP contribution in [0.3, 0.4) is 0 Å². The Labute approximate surface area is 193 Å². The van der Waals surface area contributed by atoms with Crippen LogP contribution in [0.25, 0.3) is 0 Å². The Morgan fingerprint density at radius 1 is 1.10 bits per heavy atom. The van der Waals surface area contributed by atoms with Gasteiger partial charge < -0.3 is 15.0 Å². The number of anilines is 2. The van der Waals surface area contributed by atoms with Gasteiger partial charge in [0, 0.05) is 31.4 Å². The first kappa shape index (κ1) is 24.6. The number of hydrogen-bond donors (Lipinski definition) is 2. The molecule has 2 N–H and O–H groups in total. The summed E-state index contributed by atoms with van der Waals surface area (Å²) < 4.78 is 32.7. The second-order valence-corrected chi connectivity index (χ2v) is 13.0. The molecule has 6 nitrogen and oxygen atoms in total. The first-order valence-corrected chi connectivity index (χ1v) is 13.3. The van der Waals surface area contributed by atoms with Gasteiger partial charge in [-0.1, -0.05) is 11.6 Å². The highest BCUT2D eigenvalue weighted by Crippen LogP contribution is 2.32. The maximum absolute atomic E-state index is 12.4. The third kappa shape index (κ3) is 6.50. The van der Waals surface area contributed by atoms with Crippen molar-refractivity contribution in [3.63, 3.8) is 0 Å². The van der Waals surface area contributed by atoms with Crippen LogP contribution in [-0.4, -0.2) is 51.0 Å². The molecular formula is C23H38ClN3O3S. The van der Waals surface area contributed by atoms with Crippen LogP contribution in [0.15, 0.2) is 18.2 Å². The van der Waals surface area contributed by atoms with Crippen LogP contribution in [0.4, 0.5) is 11.4 Å². The van der Waals surface area contributed by atoms with E-state index in [2.05, 4.69) is 40.9 Å². The fourth-order valence-corrected chi connectivity index (χ4v) is 5.72. The van der Waals surface area contributed by atoms with Crippen molar-refractivity contribution in [2.45, 2.75) is 83.3 Å². The fourth-order valence-electron chi connectivity index (χ4n) is 4.39. The number of morpholine rings is 1. The lowest BCUT2D eigenvalue weighted by atomic mass is 9.86. The van der Waals surface area contributed by atoms with Gasteiger partial charge in [-0.15, -0.1) is 0 Å². The molecule has 0 aromatic heterocycles. The molecule has 1 saturated heterocycles. The minimum atomic E-state index is -3.29. The monoisotopic (exact) mass is 471 g/mol. The Morgan fingerprint density at radius 3 is 2.26 bits per heavy atom. The van der Waals surface area contributed by atoms with Crippen LogP contribution in [0.1, 0.15) is 60.3 Å². The molecule has 0 radical (unpaired) electrons. The van der Waals surface area contributed by atoms with Crippen molar-refractivity contribution in [2.75, 3.05) is 29.9 Å². The molecule has 176 valence electrons. The molecule has 3 rings (SSSR count). The highest BCUT2D eigenvalue weighted by Gasteiger charge is 2.32. The van der Waals surface area contributed by atoms with E-state index in [1.807, 2.05) is 6.07 Å². The average molecular weight is 472 g/mol. The predicted molar refractivity (Wildman–Crippen MR) is 130 cm³/mol. The van der Waals surface area contributed by atoms with E-state index in [-0.39, 0.29) is 18.2 Å². The van der Waals surface area contributed by atoms with Gasteiger partial charge in [-0.05, 0) is 84.4 Å². The van der Waals surface area contributed by atoms with Crippen molar-refractivity contribution in [3.8, 4) is 0 Å². The molecule has 1 saturated carbocycles. The Bertz CT molecular complexity index is 838. The van der Waals surface area contributed by atoms with Crippen molar-refractivity contribution in [1.82, 2.24) is 4.72 Å². The summed E-state index contributed by atoms with van der Waals surface area (Å²) >= 11 is 6.61. The van der Waals surface area contributed by atoms with Gasteiger partial charge in [0.15, 0.2) is 0 Å². The fraction of sp³-hybridized carbons (Fsp3) is 0.739. The zero-order valence-electron chi connectivity index (χ0n) is 19.4. The van der Waals surface area contributed by atoms with Gasteiger partial charge in [-0.3, -0.25) is 0 Å². The van der Waals surface area contributed by atoms with Crippen LogP contribution in [0, 0.1) is 5.92 Å². The van der Waals surface area contributed by atoms with Gasteiger partial charge in [0.05, 0.1) is 27.7 Å². The molecule has 0 unspecified atom stereocenters. The largest absolute Gasteiger partial charge is 0.385 e. The smallest absolute Gasteiger partial charge is 0.216 e. The first-order valence-electron chi connectivity index (χ1n) is 11.4. The van der Waals surface area contributed by atoms with Gasteiger partial charge in [-0.2, -0.15) is 0 Å². The molecule has 1 aliphatic heterocycles. The van der Waals surface area contributed by atoms with E-state index in [0.717, 1.165) is 61.7 Å². The molecule has 1 aromatic rings. The lowest BCUT2D eigenvalue weighted by molar-refractivity contribution is -0.00520. The van der Waals surface area contributed by atoms with E-state index >= 15 is 0 Å². The van der Waals surface area contributed by atoms with Gasteiger partial charge in [0.25, 0.3) is 0 Å². The van der Waals surface area contributed by atoms with Gasteiger partial charge in [-0.25, -0.2) is 13.1 Å². The Kier molecular flexibility index (Phi) is 7.83. The molecule has 2 fully saturated rings. The third-order valence-corrected chi connectivity index (χ3v) is 8.84. The maximum Gasteiger partial charge on any atom is 0.216 e. The quantitative estimate of drug-likeness (QED) is 0.632. The number of benzene rings is 1. The number of hydrogen-bond acceptors (Lipinski definition) is 5. The van der Waals surface area contributed by atoms with E-state index in [9.17, 15) is 8.42 Å². The van der Waals surface area contributed by atoms with Crippen molar-refractivity contribution in [3.05, 3.63) is 23.2 Å². The molecule has 1 aliphatic carbocycles. The summed E-state index contributed by atoms with van der Waals surface area (Å²) in [6.07, 6.45) is 4.18. The number of rotatable bonds is 6.